The molecule has 0 heterocycles. The maximum absolute atomic E-state index is 13.7. The van der Waals surface area contributed by atoms with Gasteiger partial charge in [0.2, 0.25) is 0 Å². The van der Waals surface area contributed by atoms with Crippen LogP contribution in [0, 0.1) is 0 Å². The Morgan fingerprint density at radius 3 is 0.717 bits per heavy atom. The Hall–Kier alpha value is -5.24. The summed E-state index contributed by atoms with van der Waals surface area (Å²) in [6, 6.07) is 24.1. The smallest absolute Gasteiger partial charge is 0.198 e. The predicted octanol–water partition coefficient (Wildman–Crippen LogP) is 11.9. The highest BCUT2D eigenvalue weighted by Crippen LogP contribution is 2.39. The summed E-state index contributed by atoms with van der Waals surface area (Å²) in [4.78, 5) is 54.2. The lowest BCUT2D eigenvalue weighted by Crippen LogP contribution is -2.29. The Bertz CT molecular complexity index is 1950. The molecule has 60 heavy (non-hydrogen) atoms. The Kier molecular flexibility index (Phi) is 12.2. The fourth-order valence-electron chi connectivity index (χ4n) is 10.8. The van der Waals surface area contributed by atoms with Gasteiger partial charge in [-0.15, -0.1) is 0 Å². The van der Waals surface area contributed by atoms with Crippen molar-refractivity contribution in [2.24, 2.45) is 0 Å². The van der Waals surface area contributed by atoms with Crippen LogP contribution in [0.25, 0.3) is 0 Å². The first-order valence-electron chi connectivity index (χ1n) is 23.2. The molecule has 4 aromatic rings. The number of fused-ring (bicyclic) bond motifs is 4. The van der Waals surface area contributed by atoms with Crippen molar-refractivity contribution in [2.45, 2.75) is 153 Å². The van der Waals surface area contributed by atoms with E-state index in [1.807, 2.05) is 48.5 Å². The number of ketones is 4. The van der Waals surface area contributed by atoms with Gasteiger partial charge in [-0.2, -0.15) is 0 Å². The number of carbonyl (C=O) groups is 4. The van der Waals surface area contributed by atoms with Crippen molar-refractivity contribution in [3.05, 3.63) is 117 Å². The topological polar surface area (TPSA) is 116 Å². The maximum Gasteiger partial charge on any atom is 0.198 e. The van der Waals surface area contributed by atoms with Gasteiger partial charge < -0.3 is 21.3 Å². The molecular formula is C52H60N4O4. The van der Waals surface area contributed by atoms with Gasteiger partial charge in [-0.25, -0.2) is 0 Å². The van der Waals surface area contributed by atoms with Crippen LogP contribution in [-0.4, -0.2) is 47.3 Å². The van der Waals surface area contributed by atoms with Crippen molar-refractivity contribution in [3.63, 3.8) is 0 Å². The van der Waals surface area contributed by atoms with Crippen LogP contribution < -0.4 is 21.3 Å². The molecule has 4 fully saturated rings. The number of hydrogen-bond donors (Lipinski definition) is 4. The molecule has 0 amide bonds. The minimum atomic E-state index is -0.0424. The Balaban J connectivity index is 0.000000154. The number of hydrogen-bond acceptors (Lipinski definition) is 8. The molecule has 10 rings (SSSR count). The lowest BCUT2D eigenvalue weighted by Gasteiger charge is -2.29. The number of nitrogens with one attached hydrogen (secondary N) is 4. The van der Waals surface area contributed by atoms with Crippen LogP contribution in [0.2, 0.25) is 0 Å². The third kappa shape index (κ3) is 8.27. The number of rotatable bonds is 8. The highest BCUT2D eigenvalue weighted by molar-refractivity contribution is 6.33. The van der Waals surface area contributed by atoms with Gasteiger partial charge in [0.25, 0.3) is 0 Å². The van der Waals surface area contributed by atoms with E-state index in [-0.39, 0.29) is 23.1 Å². The van der Waals surface area contributed by atoms with E-state index in [9.17, 15) is 19.2 Å². The minimum absolute atomic E-state index is 0.0302. The van der Waals surface area contributed by atoms with Crippen molar-refractivity contribution in [2.75, 3.05) is 21.3 Å². The van der Waals surface area contributed by atoms with Crippen molar-refractivity contribution in [1.82, 2.24) is 0 Å². The first kappa shape index (κ1) is 40.2. The van der Waals surface area contributed by atoms with Gasteiger partial charge in [0.05, 0.1) is 22.3 Å². The van der Waals surface area contributed by atoms with Crippen molar-refractivity contribution < 1.29 is 19.2 Å². The molecule has 6 aliphatic rings. The van der Waals surface area contributed by atoms with E-state index in [1.165, 1.54) is 77.0 Å². The maximum atomic E-state index is 13.7. The third-order valence-electron chi connectivity index (χ3n) is 14.0. The second-order valence-corrected chi connectivity index (χ2v) is 18.1. The normalized spacial score (nSPS) is 19.9. The molecule has 8 heteroatoms. The Morgan fingerprint density at radius 2 is 0.500 bits per heavy atom. The van der Waals surface area contributed by atoms with Gasteiger partial charge in [-0.05, 0) is 75.6 Å². The average molecular weight is 805 g/mol. The summed E-state index contributed by atoms with van der Waals surface area (Å²) in [6.45, 7) is 0. The van der Waals surface area contributed by atoms with E-state index < -0.39 is 0 Å². The number of anilines is 4. The van der Waals surface area contributed by atoms with Crippen molar-refractivity contribution >= 4 is 45.9 Å². The lowest BCUT2D eigenvalue weighted by atomic mass is 9.81. The zero-order chi connectivity index (χ0) is 41.0. The second-order valence-electron chi connectivity index (χ2n) is 18.1. The second kappa shape index (κ2) is 18.2. The largest absolute Gasteiger partial charge is 0.382 e. The molecule has 4 saturated carbocycles. The number of carbonyl (C=O) groups excluding carboxylic acids is 4. The average Bonchev–Trinajstić information content (AvgIpc) is 3.29. The van der Waals surface area contributed by atoms with Gasteiger partial charge in [0.15, 0.2) is 23.1 Å². The van der Waals surface area contributed by atoms with Crippen LogP contribution in [-0.2, 0) is 0 Å². The molecule has 0 aromatic heterocycles. The zero-order valence-electron chi connectivity index (χ0n) is 35.0. The third-order valence-corrected chi connectivity index (χ3v) is 14.0. The van der Waals surface area contributed by atoms with Gasteiger partial charge >= 0.3 is 0 Å². The van der Waals surface area contributed by atoms with E-state index in [4.69, 9.17) is 0 Å². The predicted molar refractivity (Wildman–Crippen MR) is 241 cm³/mol. The monoisotopic (exact) mass is 804 g/mol. The zero-order valence-corrected chi connectivity index (χ0v) is 35.0. The van der Waals surface area contributed by atoms with E-state index in [1.54, 1.807) is 24.3 Å². The SMILES string of the molecule is O=C1c2cccc(NC3CCCCC3)c2C(=O)c2c(NC3CCCCC3)cccc21.O=C1c2cccc(NC3CCCCC3)c2C(=O)c2c(NC3CCCCC3)cccc21. The van der Waals surface area contributed by atoms with Gasteiger partial charge in [0.1, 0.15) is 0 Å². The molecule has 0 bridgehead atoms. The molecule has 0 atom stereocenters. The molecule has 6 aliphatic carbocycles. The molecule has 4 aromatic carbocycles. The quantitative estimate of drug-likeness (QED) is 0.120. The molecule has 8 nitrogen and oxygen atoms in total. The summed E-state index contributed by atoms with van der Waals surface area (Å²) in [6.07, 6.45) is 23.9. The van der Waals surface area contributed by atoms with E-state index in [2.05, 4.69) is 21.3 Å². The van der Waals surface area contributed by atoms with Crippen LogP contribution >= 0.6 is 0 Å². The standard InChI is InChI=1S/2C26H30N2O2/c2*29-25-19-13-7-15-21(27-17-9-3-1-4-10-17)23(19)26(30)24-20(25)14-8-16-22(24)28-18-11-5-2-6-12-18/h2*7-8,13-18,27-28H,1-6,9-12H2. The summed E-state index contributed by atoms with van der Waals surface area (Å²) in [7, 11) is 0. The van der Waals surface area contributed by atoms with Crippen LogP contribution in [0.3, 0.4) is 0 Å². The molecule has 0 spiro atoms. The Morgan fingerprint density at radius 1 is 0.283 bits per heavy atom. The van der Waals surface area contributed by atoms with Crippen LogP contribution in [0.4, 0.5) is 22.7 Å². The lowest BCUT2D eigenvalue weighted by molar-refractivity contribution is 0.0980. The van der Waals surface area contributed by atoms with Gasteiger partial charge in [-0.1, -0.05) is 126 Å². The van der Waals surface area contributed by atoms with Crippen molar-refractivity contribution in [3.8, 4) is 0 Å². The van der Waals surface area contributed by atoms with Crippen molar-refractivity contribution in [1.29, 1.82) is 0 Å². The molecule has 0 unspecified atom stereocenters. The molecule has 312 valence electrons. The van der Waals surface area contributed by atoms with Crippen LogP contribution in [0.1, 0.15) is 192 Å². The van der Waals surface area contributed by atoms with Crippen LogP contribution in [0.15, 0.2) is 72.8 Å². The summed E-state index contributed by atoms with van der Waals surface area (Å²) in [5, 5.41) is 14.4. The summed E-state index contributed by atoms with van der Waals surface area (Å²) in [5.41, 5.74) is 7.60. The number of benzene rings is 4. The van der Waals surface area contributed by atoms with E-state index in [0.717, 1.165) is 74.1 Å². The van der Waals surface area contributed by atoms with Gasteiger partial charge in [0, 0.05) is 69.2 Å². The minimum Gasteiger partial charge on any atom is -0.382 e. The molecule has 0 saturated heterocycles. The summed E-state index contributed by atoms with van der Waals surface area (Å²) < 4.78 is 0. The fraction of sp³-hybridized carbons (Fsp3) is 0.462. The first-order chi connectivity index (χ1) is 29.4. The molecular weight excluding hydrogens is 745 g/mol. The van der Waals surface area contributed by atoms with E-state index in [0.29, 0.717) is 68.7 Å². The molecule has 0 aliphatic heterocycles. The summed E-state index contributed by atoms with van der Waals surface area (Å²) in [5.74, 6) is -0.145. The van der Waals surface area contributed by atoms with Gasteiger partial charge in [-0.3, -0.25) is 19.2 Å². The molecule has 0 radical (unpaired) electrons. The summed E-state index contributed by atoms with van der Waals surface area (Å²) >= 11 is 0. The Labute approximate surface area is 355 Å². The highest BCUT2D eigenvalue weighted by atomic mass is 16.1. The van der Waals surface area contributed by atoms with Crippen LogP contribution in [0.5, 0.6) is 0 Å². The van der Waals surface area contributed by atoms with E-state index >= 15 is 0 Å². The fourth-order valence-corrected chi connectivity index (χ4v) is 10.8. The first-order valence-corrected chi connectivity index (χ1v) is 23.2. The highest BCUT2D eigenvalue weighted by Gasteiger charge is 2.36. The molecule has 4 N–H and O–H groups in total.